The maximum atomic E-state index is 16.5. The van der Waals surface area contributed by atoms with Crippen molar-refractivity contribution in [1.82, 2.24) is 9.80 Å². The molecule has 0 unspecified atom stereocenters. The third-order valence-electron chi connectivity index (χ3n) is 11.3. The molecule has 6 rings (SSSR count). The fourth-order valence-electron chi connectivity index (χ4n) is 8.66. The number of benzene rings is 1. The monoisotopic (exact) mass is 639 g/mol. The van der Waals surface area contributed by atoms with Crippen LogP contribution in [0.1, 0.15) is 74.8 Å². The van der Waals surface area contributed by atoms with Crippen molar-refractivity contribution in [3.8, 4) is 0 Å². The molecule has 3 atom stereocenters. The van der Waals surface area contributed by atoms with Crippen LogP contribution in [0.15, 0.2) is 18.2 Å². The molecule has 45 heavy (non-hydrogen) atoms. The summed E-state index contributed by atoms with van der Waals surface area (Å²) in [7, 11) is 1.54. The van der Waals surface area contributed by atoms with Crippen molar-refractivity contribution in [3.63, 3.8) is 0 Å². The Kier molecular flexibility index (Phi) is 9.13. The Bertz CT molecular complexity index is 1240. The summed E-state index contributed by atoms with van der Waals surface area (Å²) in [5, 5.41) is 9.44. The number of aliphatic carboxylic acids is 1. The fraction of sp³-hybridized carbons (Fsp3) is 0.758. The van der Waals surface area contributed by atoms with Gasteiger partial charge in [-0.2, -0.15) is 13.2 Å². The molecule has 8 nitrogen and oxygen atoms in total. The van der Waals surface area contributed by atoms with Crippen LogP contribution in [-0.2, 0) is 25.2 Å². The second kappa shape index (κ2) is 12.6. The lowest BCUT2D eigenvalue weighted by Gasteiger charge is -2.40. The topological polar surface area (TPSA) is 82.6 Å². The number of carboxylic acid groups (broad SMARTS) is 1. The van der Waals surface area contributed by atoms with Crippen LogP contribution in [0.2, 0.25) is 0 Å². The summed E-state index contributed by atoms with van der Waals surface area (Å²) in [4.78, 5) is 30.9. The first-order chi connectivity index (χ1) is 21.4. The van der Waals surface area contributed by atoms with E-state index in [4.69, 9.17) is 9.47 Å². The summed E-state index contributed by atoms with van der Waals surface area (Å²) in [6, 6.07) is 3.92. The molecule has 12 heteroatoms. The number of hydrogen-bond donors (Lipinski definition) is 1. The molecule has 4 aliphatic heterocycles. The molecule has 1 amide bonds. The van der Waals surface area contributed by atoms with Gasteiger partial charge in [0.05, 0.1) is 23.7 Å². The Balaban J connectivity index is 1.18. The van der Waals surface area contributed by atoms with Crippen LogP contribution >= 0.6 is 0 Å². The van der Waals surface area contributed by atoms with Crippen LogP contribution in [-0.4, -0.2) is 104 Å². The van der Waals surface area contributed by atoms with Gasteiger partial charge in [-0.1, -0.05) is 6.07 Å². The quantitative estimate of drug-likeness (QED) is 0.416. The Hall–Kier alpha value is -2.44. The highest BCUT2D eigenvalue weighted by Crippen LogP contribution is 2.45. The van der Waals surface area contributed by atoms with Crippen LogP contribution in [0.5, 0.6) is 0 Å². The number of carboxylic acids is 1. The number of anilines is 1. The van der Waals surface area contributed by atoms with Gasteiger partial charge in [-0.25, -0.2) is 4.39 Å². The lowest BCUT2D eigenvalue weighted by atomic mass is 9.80. The van der Waals surface area contributed by atoms with E-state index in [2.05, 4.69) is 4.90 Å². The van der Waals surface area contributed by atoms with E-state index in [0.717, 1.165) is 57.3 Å². The van der Waals surface area contributed by atoms with E-state index in [1.807, 2.05) is 4.90 Å². The largest absolute Gasteiger partial charge is 0.481 e. The number of methoxy groups -OCH3 is 1. The van der Waals surface area contributed by atoms with Crippen LogP contribution in [0, 0.1) is 11.8 Å². The molecule has 1 aromatic carbocycles. The third-order valence-corrected chi connectivity index (χ3v) is 11.3. The zero-order chi connectivity index (χ0) is 32.0. The van der Waals surface area contributed by atoms with Gasteiger partial charge in [0.25, 0.3) is 5.91 Å². The van der Waals surface area contributed by atoms with Crippen molar-refractivity contribution in [1.29, 1.82) is 0 Å². The molecule has 1 aliphatic carbocycles. The first-order valence-corrected chi connectivity index (χ1v) is 16.5. The van der Waals surface area contributed by atoms with E-state index in [0.29, 0.717) is 43.7 Å². The standard InChI is InChI=1S/C33H45F4N3O5/c1-44-20-23-18-40(30(43)32(34)12-15-39(21-32)25-5-10-31(11-6-25)9-2-16-45-31)19-27(23)26-4-3-24(33(35,36)37)17-28(26)38-13-7-22(8-14-38)29(41)42/h3-4,17,22-23,25,27H,2,5-16,18-21H2,1H3,(H,41,42)/t23-,25?,27+,31?,32-/m1/s1. The molecule has 1 spiro atoms. The Labute approximate surface area is 262 Å². The van der Waals surface area contributed by atoms with Crippen LogP contribution in [0.3, 0.4) is 0 Å². The number of carbonyl (C=O) groups excluding carboxylic acids is 1. The van der Waals surface area contributed by atoms with Gasteiger partial charge in [-0.15, -0.1) is 0 Å². The van der Waals surface area contributed by atoms with E-state index in [1.165, 1.54) is 6.07 Å². The van der Waals surface area contributed by atoms with Gasteiger partial charge in [0.15, 0.2) is 0 Å². The lowest BCUT2D eigenvalue weighted by molar-refractivity contribution is -0.143. The zero-order valence-electron chi connectivity index (χ0n) is 26.0. The number of ether oxygens (including phenoxy) is 2. The Morgan fingerprint density at radius 3 is 2.40 bits per heavy atom. The molecule has 0 bridgehead atoms. The summed E-state index contributed by atoms with van der Waals surface area (Å²) in [5.41, 5.74) is -1.74. The molecule has 4 saturated heterocycles. The first-order valence-electron chi connectivity index (χ1n) is 16.5. The number of piperidine rings is 1. The van der Waals surface area contributed by atoms with Crippen molar-refractivity contribution in [2.75, 3.05) is 64.5 Å². The Morgan fingerprint density at radius 1 is 1.04 bits per heavy atom. The fourth-order valence-corrected chi connectivity index (χ4v) is 8.66. The third kappa shape index (κ3) is 6.56. The number of amides is 1. The zero-order valence-corrected chi connectivity index (χ0v) is 26.0. The molecular weight excluding hydrogens is 594 g/mol. The van der Waals surface area contributed by atoms with Crippen molar-refractivity contribution < 1.29 is 41.7 Å². The highest BCUT2D eigenvalue weighted by atomic mass is 19.4. The maximum Gasteiger partial charge on any atom is 0.416 e. The summed E-state index contributed by atoms with van der Waals surface area (Å²) in [6.45, 7) is 2.74. The van der Waals surface area contributed by atoms with Crippen molar-refractivity contribution in [2.45, 2.75) is 87.2 Å². The number of nitrogens with zero attached hydrogens (tertiary/aromatic N) is 3. The molecule has 4 heterocycles. The van der Waals surface area contributed by atoms with Gasteiger partial charge in [-0.05, 0) is 69.1 Å². The second-order valence-electron chi connectivity index (χ2n) is 14.0. The maximum absolute atomic E-state index is 16.5. The Morgan fingerprint density at radius 2 is 1.78 bits per heavy atom. The van der Waals surface area contributed by atoms with E-state index >= 15 is 4.39 Å². The number of likely N-dealkylation sites (tertiary alicyclic amines) is 2. The van der Waals surface area contributed by atoms with Crippen molar-refractivity contribution in [2.24, 2.45) is 11.8 Å². The van der Waals surface area contributed by atoms with E-state index in [-0.39, 0.29) is 56.1 Å². The number of rotatable bonds is 7. The summed E-state index contributed by atoms with van der Waals surface area (Å²) < 4.78 is 69.5. The molecule has 1 N–H and O–H groups in total. The summed E-state index contributed by atoms with van der Waals surface area (Å²) in [5.74, 6) is -2.56. The van der Waals surface area contributed by atoms with Crippen LogP contribution < -0.4 is 4.90 Å². The van der Waals surface area contributed by atoms with Crippen LogP contribution in [0.25, 0.3) is 0 Å². The van der Waals surface area contributed by atoms with Gasteiger partial charge in [-0.3, -0.25) is 14.5 Å². The highest BCUT2D eigenvalue weighted by Gasteiger charge is 2.52. The molecule has 5 aliphatic rings. The number of hydrogen-bond acceptors (Lipinski definition) is 6. The smallest absolute Gasteiger partial charge is 0.416 e. The minimum absolute atomic E-state index is 0.0108. The first kappa shape index (κ1) is 32.5. The van der Waals surface area contributed by atoms with E-state index in [9.17, 15) is 27.9 Å². The molecule has 5 fully saturated rings. The molecule has 1 saturated carbocycles. The molecule has 250 valence electrons. The minimum atomic E-state index is -4.55. The predicted octanol–water partition coefficient (Wildman–Crippen LogP) is 5.10. The second-order valence-corrected chi connectivity index (χ2v) is 14.0. The number of carbonyl (C=O) groups is 2. The van der Waals surface area contributed by atoms with E-state index in [1.54, 1.807) is 12.0 Å². The predicted molar refractivity (Wildman–Crippen MR) is 159 cm³/mol. The lowest BCUT2D eigenvalue weighted by Crippen LogP contribution is -2.49. The summed E-state index contributed by atoms with van der Waals surface area (Å²) in [6.07, 6.45) is 2.24. The van der Waals surface area contributed by atoms with Crippen molar-refractivity contribution >= 4 is 17.6 Å². The normalized spacial score (nSPS) is 33.4. The molecule has 0 aromatic heterocycles. The van der Waals surface area contributed by atoms with Gasteiger partial charge < -0.3 is 24.4 Å². The van der Waals surface area contributed by atoms with Gasteiger partial charge >= 0.3 is 12.1 Å². The number of alkyl halides is 4. The van der Waals surface area contributed by atoms with Crippen molar-refractivity contribution in [3.05, 3.63) is 29.3 Å². The van der Waals surface area contributed by atoms with E-state index < -0.39 is 35.2 Å². The summed E-state index contributed by atoms with van der Waals surface area (Å²) >= 11 is 0. The number of halogens is 4. The van der Waals surface area contributed by atoms with Gasteiger partial charge in [0.2, 0.25) is 5.67 Å². The SMILES string of the molecule is COC[C@H]1CN(C(=O)[C@@]2(F)CCN(C3CCC4(CCCO4)CC3)C2)C[C@@H]1c1ccc(C(F)(F)F)cc1N1CCC(C(=O)O)CC1. The molecule has 1 aromatic rings. The average Bonchev–Trinajstić information content (AvgIpc) is 3.76. The van der Waals surface area contributed by atoms with Crippen LogP contribution in [0.4, 0.5) is 23.2 Å². The van der Waals surface area contributed by atoms with Gasteiger partial charge in [0, 0.05) is 83.0 Å². The average molecular weight is 640 g/mol. The highest BCUT2D eigenvalue weighted by molar-refractivity contribution is 5.86. The molecule has 0 radical (unpaired) electrons. The molecular formula is C33H45F4N3O5. The minimum Gasteiger partial charge on any atom is -0.481 e. The van der Waals surface area contributed by atoms with Gasteiger partial charge in [0.1, 0.15) is 0 Å².